The van der Waals surface area contributed by atoms with Crippen molar-refractivity contribution >= 4 is 50.2 Å². The summed E-state index contributed by atoms with van der Waals surface area (Å²) in [5, 5.41) is 0.628. The third-order valence-corrected chi connectivity index (χ3v) is 6.94. The average molecular weight is 544 g/mol. The SMILES string of the molecule is CN(C)S(=O)[O-].Nc1ccc(CC(=O)N2CCN(c3ncnc4sc(CC(F)(F)F)cc34)CC2)cc1. The first kappa shape index (κ1) is 27.8. The second-order valence-electron chi connectivity index (χ2n) is 8.24. The number of fused-ring (bicyclic) bond motifs is 1. The lowest BCUT2D eigenvalue weighted by Crippen LogP contribution is -2.49. The topological polar surface area (TPSA) is 119 Å². The molecule has 3 heterocycles. The molecule has 2 N–H and O–H groups in total. The molecule has 196 valence electrons. The van der Waals surface area contributed by atoms with E-state index < -0.39 is 23.9 Å². The van der Waals surface area contributed by atoms with Crippen molar-refractivity contribution in [2.45, 2.75) is 19.0 Å². The van der Waals surface area contributed by atoms with Crippen LogP contribution in [0.1, 0.15) is 10.4 Å². The Hall–Kier alpha value is -2.81. The van der Waals surface area contributed by atoms with Gasteiger partial charge in [0.2, 0.25) is 5.91 Å². The summed E-state index contributed by atoms with van der Waals surface area (Å²) in [5.41, 5.74) is 7.24. The summed E-state index contributed by atoms with van der Waals surface area (Å²) in [6.07, 6.45) is -3.54. The van der Waals surface area contributed by atoms with Gasteiger partial charge in [0, 0.05) is 48.0 Å². The van der Waals surface area contributed by atoms with Gasteiger partial charge in [-0.1, -0.05) is 12.1 Å². The van der Waals surface area contributed by atoms with Crippen LogP contribution in [0.15, 0.2) is 36.7 Å². The monoisotopic (exact) mass is 543 g/mol. The summed E-state index contributed by atoms with van der Waals surface area (Å²) >= 11 is -0.995. The fourth-order valence-electron chi connectivity index (χ4n) is 3.52. The quantitative estimate of drug-likeness (QED) is 0.388. The highest BCUT2D eigenvalue weighted by Crippen LogP contribution is 2.34. The van der Waals surface area contributed by atoms with E-state index in [2.05, 4.69) is 9.97 Å². The minimum absolute atomic E-state index is 0.0373. The minimum atomic E-state index is -4.26. The van der Waals surface area contributed by atoms with Crippen molar-refractivity contribution in [1.82, 2.24) is 19.2 Å². The predicted octanol–water partition coefficient (Wildman–Crippen LogP) is 2.61. The molecule has 1 amide bonds. The Labute approximate surface area is 213 Å². The molecule has 0 spiro atoms. The van der Waals surface area contributed by atoms with Crippen LogP contribution in [0.4, 0.5) is 24.7 Å². The predicted molar refractivity (Wildman–Crippen MR) is 133 cm³/mol. The summed E-state index contributed by atoms with van der Waals surface area (Å²) in [7, 11) is 2.92. The molecule has 2 aromatic heterocycles. The molecule has 14 heteroatoms. The smallest absolute Gasteiger partial charge is 0.393 e. The molecule has 1 aliphatic rings. The molecule has 9 nitrogen and oxygen atoms in total. The van der Waals surface area contributed by atoms with Crippen LogP contribution in [0, 0.1) is 0 Å². The summed E-state index contributed by atoms with van der Waals surface area (Å²) in [6.45, 7) is 2.17. The largest absolute Gasteiger partial charge is 0.760 e. The minimum Gasteiger partial charge on any atom is -0.760 e. The molecular formula is C22H26F3N6O3S2-. The molecule has 1 saturated heterocycles. The summed E-state index contributed by atoms with van der Waals surface area (Å²) in [4.78, 5) is 25.6. The molecule has 4 rings (SSSR count). The van der Waals surface area contributed by atoms with E-state index in [1.54, 1.807) is 17.0 Å². The lowest BCUT2D eigenvalue weighted by molar-refractivity contribution is -0.130. The molecule has 0 aliphatic carbocycles. The molecule has 0 saturated carbocycles. The Kier molecular flexibility index (Phi) is 9.22. The van der Waals surface area contributed by atoms with E-state index in [1.807, 2.05) is 17.0 Å². The Balaban J connectivity index is 0.000000538. The summed E-state index contributed by atoms with van der Waals surface area (Å²) in [6, 6.07) is 8.76. The molecule has 1 aromatic carbocycles. The number of carbonyl (C=O) groups is 1. The number of amides is 1. The highest BCUT2D eigenvalue weighted by atomic mass is 32.2. The number of hydrogen-bond donors (Lipinski definition) is 1. The van der Waals surface area contributed by atoms with Crippen LogP contribution in [-0.4, -0.2) is 80.3 Å². The molecule has 1 fully saturated rings. The summed E-state index contributed by atoms with van der Waals surface area (Å²) in [5.74, 6) is 0.658. The van der Waals surface area contributed by atoms with Crippen LogP contribution in [0.5, 0.6) is 0 Å². The van der Waals surface area contributed by atoms with E-state index in [9.17, 15) is 26.7 Å². The van der Waals surface area contributed by atoms with Crippen LogP contribution in [-0.2, 0) is 28.9 Å². The number of nitrogens with two attached hydrogens (primary N) is 1. The summed E-state index contributed by atoms with van der Waals surface area (Å²) < 4.78 is 58.5. The normalized spacial score (nSPS) is 15.1. The van der Waals surface area contributed by atoms with Crippen LogP contribution in [0.25, 0.3) is 10.2 Å². The van der Waals surface area contributed by atoms with Crippen molar-refractivity contribution < 1.29 is 26.7 Å². The third-order valence-electron chi connectivity index (χ3n) is 5.30. The molecule has 1 unspecified atom stereocenters. The zero-order valence-electron chi connectivity index (χ0n) is 19.7. The number of halogens is 3. The second-order valence-corrected chi connectivity index (χ2v) is 10.5. The molecule has 0 bridgehead atoms. The van der Waals surface area contributed by atoms with Crippen molar-refractivity contribution in [1.29, 1.82) is 0 Å². The first-order valence-corrected chi connectivity index (χ1v) is 12.7. The number of piperazine rings is 1. The maximum atomic E-state index is 12.7. The van der Waals surface area contributed by atoms with Crippen molar-refractivity contribution in [2.75, 3.05) is 50.9 Å². The molecule has 3 aromatic rings. The van der Waals surface area contributed by atoms with Gasteiger partial charge in [-0.25, -0.2) is 14.3 Å². The van der Waals surface area contributed by atoms with Gasteiger partial charge in [-0.2, -0.15) is 13.2 Å². The van der Waals surface area contributed by atoms with E-state index in [-0.39, 0.29) is 10.8 Å². The van der Waals surface area contributed by atoms with Crippen LogP contribution >= 0.6 is 11.3 Å². The number of hydrogen-bond acceptors (Lipinski definition) is 8. The Morgan fingerprint density at radius 3 is 2.33 bits per heavy atom. The van der Waals surface area contributed by atoms with E-state index in [0.29, 0.717) is 54.3 Å². The van der Waals surface area contributed by atoms with Crippen LogP contribution in [0.2, 0.25) is 0 Å². The number of carbonyl (C=O) groups excluding carboxylic acids is 1. The molecular weight excluding hydrogens is 517 g/mol. The lowest BCUT2D eigenvalue weighted by atomic mass is 10.1. The fraction of sp³-hybridized carbons (Fsp3) is 0.409. The first-order valence-electron chi connectivity index (χ1n) is 10.9. The Morgan fingerprint density at radius 1 is 1.17 bits per heavy atom. The number of anilines is 2. The zero-order chi connectivity index (χ0) is 26.5. The average Bonchev–Trinajstić information content (AvgIpc) is 3.21. The lowest BCUT2D eigenvalue weighted by Gasteiger charge is -2.35. The van der Waals surface area contributed by atoms with Gasteiger partial charge in [-0.15, -0.1) is 11.3 Å². The van der Waals surface area contributed by atoms with Gasteiger partial charge in [-0.3, -0.25) is 9.00 Å². The van der Waals surface area contributed by atoms with Gasteiger partial charge in [0.1, 0.15) is 17.0 Å². The third kappa shape index (κ3) is 7.85. The van der Waals surface area contributed by atoms with Crippen molar-refractivity contribution in [3.63, 3.8) is 0 Å². The van der Waals surface area contributed by atoms with Crippen molar-refractivity contribution in [3.05, 3.63) is 47.1 Å². The Morgan fingerprint density at radius 2 is 1.78 bits per heavy atom. The van der Waals surface area contributed by atoms with Gasteiger partial charge in [-0.05, 0) is 37.9 Å². The molecule has 36 heavy (non-hydrogen) atoms. The van der Waals surface area contributed by atoms with Crippen LogP contribution < -0.4 is 10.6 Å². The van der Waals surface area contributed by atoms with E-state index >= 15 is 0 Å². The zero-order valence-corrected chi connectivity index (χ0v) is 21.3. The number of nitrogens with zero attached hydrogens (tertiary/aromatic N) is 5. The number of rotatable bonds is 5. The van der Waals surface area contributed by atoms with E-state index in [4.69, 9.17) is 5.73 Å². The maximum absolute atomic E-state index is 12.7. The van der Waals surface area contributed by atoms with Crippen molar-refractivity contribution in [3.8, 4) is 0 Å². The highest BCUT2D eigenvalue weighted by molar-refractivity contribution is 7.76. The number of nitrogen functional groups attached to an aromatic ring is 1. The van der Waals surface area contributed by atoms with Gasteiger partial charge in [0.25, 0.3) is 0 Å². The van der Waals surface area contributed by atoms with Crippen molar-refractivity contribution in [2.24, 2.45) is 0 Å². The van der Waals surface area contributed by atoms with Gasteiger partial charge < -0.3 is 20.1 Å². The fourth-order valence-corrected chi connectivity index (χ4v) is 4.54. The van der Waals surface area contributed by atoms with Gasteiger partial charge in [0.15, 0.2) is 0 Å². The molecule has 1 aliphatic heterocycles. The molecule has 0 radical (unpaired) electrons. The highest BCUT2D eigenvalue weighted by Gasteiger charge is 2.30. The van der Waals surface area contributed by atoms with Gasteiger partial charge >= 0.3 is 6.18 Å². The second kappa shape index (κ2) is 12.0. The number of thiophene rings is 1. The standard InChI is InChI=1S/C20H20F3N5OS.C2H7NO2S/c21-20(22,23)11-15-10-16-18(25-12-26-19(16)30-15)28-7-5-27(6-8-28)17(29)9-13-1-3-14(24)4-2-13;1-3(2)6(4)5/h1-4,10,12H,5-9,11,24H2;1-2H3,(H,4,5)/p-1. The van der Waals surface area contributed by atoms with Gasteiger partial charge in [0.05, 0.1) is 18.2 Å². The van der Waals surface area contributed by atoms with E-state index in [0.717, 1.165) is 21.2 Å². The number of aromatic nitrogens is 2. The Bertz CT molecular complexity index is 1200. The maximum Gasteiger partial charge on any atom is 0.393 e. The van der Waals surface area contributed by atoms with E-state index in [1.165, 1.54) is 26.5 Å². The van der Waals surface area contributed by atoms with Crippen LogP contribution in [0.3, 0.4) is 0 Å². The number of alkyl halides is 3. The number of benzene rings is 1. The first-order chi connectivity index (χ1) is 16.9. The molecule has 1 atom stereocenters.